The van der Waals surface area contributed by atoms with E-state index in [1.807, 2.05) is 88.4 Å². The van der Waals surface area contributed by atoms with E-state index in [0.29, 0.717) is 36.4 Å². The zero-order valence-electron chi connectivity index (χ0n) is 19.0. The lowest BCUT2D eigenvalue weighted by atomic mass is 10.0. The standard InChI is InChI=1S/C28H28O4/c1-18-6-10-22(11-7-18)27-28(26(29)25-21(4)16-20(3)17-24(25)32-27)31-15-5-14-30-23-12-8-19(2)9-13-23/h6-13,16-17H,5,14-15H2,1-4H3. The third-order valence-electron chi connectivity index (χ3n) is 5.43. The minimum atomic E-state index is -0.140. The summed E-state index contributed by atoms with van der Waals surface area (Å²) in [6, 6.07) is 19.7. The first kappa shape index (κ1) is 21.7. The third-order valence-corrected chi connectivity index (χ3v) is 5.43. The molecule has 0 atom stereocenters. The molecule has 32 heavy (non-hydrogen) atoms. The van der Waals surface area contributed by atoms with E-state index in [2.05, 4.69) is 0 Å². The van der Waals surface area contributed by atoms with Crippen LogP contribution in [0.1, 0.15) is 28.7 Å². The Balaban J connectivity index is 1.60. The molecule has 0 aliphatic heterocycles. The fourth-order valence-electron chi connectivity index (χ4n) is 3.76. The Kier molecular flexibility index (Phi) is 6.31. The highest BCUT2D eigenvalue weighted by molar-refractivity contribution is 5.85. The van der Waals surface area contributed by atoms with Crippen molar-refractivity contribution in [3.63, 3.8) is 0 Å². The molecule has 4 rings (SSSR count). The Morgan fingerprint density at radius 2 is 1.38 bits per heavy atom. The molecule has 4 heteroatoms. The van der Waals surface area contributed by atoms with Gasteiger partial charge in [0.05, 0.1) is 18.6 Å². The summed E-state index contributed by atoms with van der Waals surface area (Å²) in [6.07, 6.45) is 0.644. The fraction of sp³-hybridized carbons (Fsp3) is 0.250. The zero-order valence-corrected chi connectivity index (χ0v) is 19.0. The van der Waals surface area contributed by atoms with Crippen molar-refractivity contribution in [3.8, 4) is 22.8 Å². The lowest BCUT2D eigenvalue weighted by Crippen LogP contribution is -2.13. The maximum Gasteiger partial charge on any atom is 0.235 e. The number of benzene rings is 3. The quantitative estimate of drug-likeness (QED) is 0.314. The predicted molar refractivity (Wildman–Crippen MR) is 129 cm³/mol. The lowest BCUT2D eigenvalue weighted by molar-refractivity contribution is 0.244. The first-order valence-corrected chi connectivity index (χ1v) is 10.9. The van der Waals surface area contributed by atoms with Crippen LogP contribution in [0.5, 0.6) is 11.5 Å². The van der Waals surface area contributed by atoms with Gasteiger partial charge in [0.25, 0.3) is 0 Å². The van der Waals surface area contributed by atoms with Crippen LogP contribution in [0.4, 0.5) is 0 Å². The molecule has 3 aromatic carbocycles. The number of hydrogen-bond donors (Lipinski definition) is 0. The van der Waals surface area contributed by atoms with Crippen LogP contribution in [0, 0.1) is 27.7 Å². The van der Waals surface area contributed by atoms with E-state index in [0.717, 1.165) is 28.0 Å². The molecule has 4 nitrogen and oxygen atoms in total. The molecule has 0 aliphatic rings. The van der Waals surface area contributed by atoms with Crippen LogP contribution in [-0.2, 0) is 0 Å². The highest BCUT2D eigenvalue weighted by Gasteiger charge is 2.19. The van der Waals surface area contributed by atoms with Gasteiger partial charge in [0.1, 0.15) is 11.3 Å². The van der Waals surface area contributed by atoms with Gasteiger partial charge in [0, 0.05) is 12.0 Å². The Morgan fingerprint density at radius 3 is 2.06 bits per heavy atom. The molecule has 0 N–H and O–H groups in total. The molecule has 0 radical (unpaired) electrons. The van der Waals surface area contributed by atoms with Gasteiger partial charge < -0.3 is 13.9 Å². The first-order chi connectivity index (χ1) is 15.4. The lowest BCUT2D eigenvalue weighted by Gasteiger charge is -2.13. The number of aryl methyl sites for hydroxylation is 4. The van der Waals surface area contributed by atoms with Crippen LogP contribution in [0.3, 0.4) is 0 Å². The first-order valence-electron chi connectivity index (χ1n) is 10.9. The summed E-state index contributed by atoms with van der Waals surface area (Å²) in [7, 11) is 0. The second kappa shape index (κ2) is 9.31. The van der Waals surface area contributed by atoms with Gasteiger partial charge in [0.15, 0.2) is 5.76 Å². The molecule has 4 aromatic rings. The molecular formula is C28H28O4. The molecule has 0 saturated heterocycles. The van der Waals surface area contributed by atoms with E-state index >= 15 is 0 Å². The zero-order chi connectivity index (χ0) is 22.7. The molecule has 0 saturated carbocycles. The van der Waals surface area contributed by atoms with E-state index in [1.165, 1.54) is 5.56 Å². The monoisotopic (exact) mass is 428 g/mol. The van der Waals surface area contributed by atoms with Gasteiger partial charge in [-0.3, -0.25) is 4.79 Å². The van der Waals surface area contributed by atoms with E-state index in [4.69, 9.17) is 13.9 Å². The summed E-state index contributed by atoms with van der Waals surface area (Å²) in [4.78, 5) is 13.4. The number of fused-ring (bicyclic) bond motifs is 1. The van der Waals surface area contributed by atoms with Crippen molar-refractivity contribution in [2.24, 2.45) is 0 Å². The Bertz CT molecular complexity index is 1280. The molecule has 0 aliphatic carbocycles. The molecule has 0 spiro atoms. The van der Waals surface area contributed by atoms with Crippen molar-refractivity contribution >= 4 is 11.0 Å². The van der Waals surface area contributed by atoms with Crippen molar-refractivity contribution in [3.05, 3.63) is 93.1 Å². The van der Waals surface area contributed by atoms with Gasteiger partial charge in [-0.1, -0.05) is 53.6 Å². The molecule has 1 aromatic heterocycles. The van der Waals surface area contributed by atoms with Gasteiger partial charge in [-0.15, -0.1) is 0 Å². The molecule has 0 bridgehead atoms. The van der Waals surface area contributed by atoms with Crippen LogP contribution in [0.15, 0.2) is 69.9 Å². The molecule has 0 fully saturated rings. The Hall–Kier alpha value is -3.53. The molecular weight excluding hydrogens is 400 g/mol. The molecule has 0 unspecified atom stereocenters. The van der Waals surface area contributed by atoms with Gasteiger partial charge in [-0.2, -0.15) is 0 Å². The molecule has 164 valence electrons. The normalized spacial score (nSPS) is 11.0. The highest BCUT2D eigenvalue weighted by atomic mass is 16.5. The maximum absolute atomic E-state index is 13.4. The molecule has 0 amide bonds. The minimum Gasteiger partial charge on any atom is -0.493 e. The van der Waals surface area contributed by atoms with Gasteiger partial charge in [-0.25, -0.2) is 0 Å². The third kappa shape index (κ3) is 4.70. The summed E-state index contributed by atoms with van der Waals surface area (Å²) >= 11 is 0. The molecule has 1 heterocycles. The Morgan fingerprint density at radius 1 is 0.750 bits per heavy atom. The number of ether oxygens (including phenoxy) is 2. The van der Waals surface area contributed by atoms with Gasteiger partial charge >= 0.3 is 0 Å². The number of rotatable bonds is 7. The van der Waals surface area contributed by atoms with E-state index in [1.54, 1.807) is 0 Å². The summed E-state index contributed by atoms with van der Waals surface area (Å²) in [6.45, 7) is 8.85. The van der Waals surface area contributed by atoms with Crippen molar-refractivity contribution in [2.45, 2.75) is 34.1 Å². The van der Waals surface area contributed by atoms with Gasteiger partial charge in [-0.05, 0) is 57.0 Å². The van der Waals surface area contributed by atoms with E-state index < -0.39 is 0 Å². The van der Waals surface area contributed by atoms with Crippen LogP contribution in [0.25, 0.3) is 22.3 Å². The summed E-state index contributed by atoms with van der Waals surface area (Å²) < 4.78 is 18.0. The minimum absolute atomic E-state index is 0.140. The number of hydrogen-bond acceptors (Lipinski definition) is 4. The SMILES string of the molecule is Cc1ccc(OCCCOc2c(-c3ccc(C)cc3)oc3cc(C)cc(C)c3c2=O)cc1. The topological polar surface area (TPSA) is 48.7 Å². The summed E-state index contributed by atoms with van der Waals surface area (Å²) in [5.74, 6) is 1.54. The average molecular weight is 429 g/mol. The Labute approximate surface area is 188 Å². The van der Waals surface area contributed by atoms with Crippen molar-refractivity contribution in [1.29, 1.82) is 0 Å². The van der Waals surface area contributed by atoms with Crippen LogP contribution < -0.4 is 14.9 Å². The average Bonchev–Trinajstić information content (AvgIpc) is 2.76. The van der Waals surface area contributed by atoms with E-state index in [9.17, 15) is 4.79 Å². The van der Waals surface area contributed by atoms with Crippen molar-refractivity contribution in [2.75, 3.05) is 13.2 Å². The second-order valence-electron chi connectivity index (χ2n) is 8.27. The summed E-state index contributed by atoms with van der Waals surface area (Å²) in [5, 5.41) is 0.567. The van der Waals surface area contributed by atoms with Crippen LogP contribution in [-0.4, -0.2) is 13.2 Å². The largest absolute Gasteiger partial charge is 0.493 e. The smallest absolute Gasteiger partial charge is 0.235 e. The predicted octanol–water partition coefficient (Wildman–Crippen LogP) is 6.54. The van der Waals surface area contributed by atoms with E-state index in [-0.39, 0.29) is 11.2 Å². The summed E-state index contributed by atoms with van der Waals surface area (Å²) in [5.41, 5.74) is 5.53. The fourth-order valence-corrected chi connectivity index (χ4v) is 3.76. The second-order valence-corrected chi connectivity index (χ2v) is 8.27. The van der Waals surface area contributed by atoms with Crippen LogP contribution in [0.2, 0.25) is 0 Å². The van der Waals surface area contributed by atoms with Gasteiger partial charge in [0.2, 0.25) is 11.2 Å². The maximum atomic E-state index is 13.4. The van der Waals surface area contributed by atoms with Crippen LogP contribution >= 0.6 is 0 Å². The van der Waals surface area contributed by atoms with Crippen molar-refractivity contribution < 1.29 is 13.9 Å². The van der Waals surface area contributed by atoms with Crippen molar-refractivity contribution in [1.82, 2.24) is 0 Å². The highest BCUT2D eigenvalue weighted by Crippen LogP contribution is 2.32.